The summed E-state index contributed by atoms with van der Waals surface area (Å²) < 4.78 is 31.6. The Bertz CT molecular complexity index is 897. The van der Waals surface area contributed by atoms with E-state index < -0.39 is 18.3 Å². The molecule has 2 aromatic carbocycles. The second-order valence-electron chi connectivity index (χ2n) is 7.05. The smallest absolute Gasteiger partial charge is 0.456 e. The van der Waals surface area contributed by atoms with Crippen LogP contribution < -0.4 is 5.46 Å². The van der Waals surface area contributed by atoms with Gasteiger partial charge in [0.25, 0.3) is 0 Å². The predicted molar refractivity (Wildman–Crippen MR) is 89.4 cm³/mol. The van der Waals surface area contributed by atoms with Crippen molar-refractivity contribution < 1.29 is 18.1 Å². The molecule has 2 heterocycles. The van der Waals surface area contributed by atoms with Crippen LogP contribution in [0.3, 0.4) is 0 Å². The summed E-state index contributed by atoms with van der Waals surface area (Å²) in [6.45, 7) is 8.06. The Hall–Kier alpha value is -1.85. The molecule has 118 valence electrons. The minimum atomic E-state index is -0.505. The zero-order valence-corrected chi connectivity index (χ0v) is 13.6. The number of benzene rings is 2. The molecule has 0 N–H and O–H groups in total. The number of halogens is 1. The van der Waals surface area contributed by atoms with Gasteiger partial charge in [-0.2, -0.15) is 0 Å². The molecule has 0 spiro atoms. The van der Waals surface area contributed by atoms with Gasteiger partial charge < -0.3 is 13.7 Å². The topological polar surface area (TPSA) is 31.6 Å². The molecule has 5 heteroatoms. The number of furan rings is 1. The highest BCUT2D eigenvalue weighted by molar-refractivity contribution is 6.65. The summed E-state index contributed by atoms with van der Waals surface area (Å²) >= 11 is 0. The van der Waals surface area contributed by atoms with Crippen molar-refractivity contribution in [1.29, 1.82) is 0 Å². The van der Waals surface area contributed by atoms with Gasteiger partial charge in [0, 0.05) is 22.3 Å². The lowest BCUT2D eigenvalue weighted by Crippen LogP contribution is -2.41. The molecule has 1 aliphatic heterocycles. The second-order valence-corrected chi connectivity index (χ2v) is 7.05. The van der Waals surface area contributed by atoms with E-state index in [0.717, 1.165) is 16.2 Å². The van der Waals surface area contributed by atoms with Crippen LogP contribution in [0, 0.1) is 5.82 Å². The molecule has 0 atom stereocenters. The Morgan fingerprint density at radius 3 is 2.30 bits per heavy atom. The maximum absolute atomic E-state index is 13.5. The summed E-state index contributed by atoms with van der Waals surface area (Å²) in [6.07, 6.45) is 0. The third kappa shape index (κ3) is 2.11. The monoisotopic (exact) mass is 312 g/mol. The van der Waals surface area contributed by atoms with E-state index in [-0.39, 0.29) is 5.82 Å². The summed E-state index contributed by atoms with van der Waals surface area (Å²) in [5.41, 5.74) is 1.21. The first-order chi connectivity index (χ1) is 10.8. The van der Waals surface area contributed by atoms with Crippen molar-refractivity contribution in [1.82, 2.24) is 0 Å². The van der Waals surface area contributed by atoms with Gasteiger partial charge in [0.1, 0.15) is 17.0 Å². The van der Waals surface area contributed by atoms with Gasteiger partial charge >= 0.3 is 7.12 Å². The van der Waals surface area contributed by atoms with E-state index in [1.54, 1.807) is 6.07 Å². The van der Waals surface area contributed by atoms with Crippen molar-refractivity contribution in [3.8, 4) is 0 Å². The molecule has 3 nitrogen and oxygen atoms in total. The lowest BCUT2D eigenvalue weighted by Gasteiger charge is -2.32. The zero-order chi connectivity index (χ0) is 16.4. The highest BCUT2D eigenvalue weighted by atomic mass is 19.1. The Morgan fingerprint density at radius 2 is 1.61 bits per heavy atom. The fraction of sp³-hybridized carbons (Fsp3) is 0.333. The van der Waals surface area contributed by atoms with Gasteiger partial charge in [0.05, 0.1) is 11.2 Å². The molecule has 0 bridgehead atoms. The average molecular weight is 312 g/mol. The minimum Gasteiger partial charge on any atom is -0.456 e. The molecule has 0 saturated carbocycles. The molecular weight excluding hydrogens is 294 g/mol. The average Bonchev–Trinajstić information content (AvgIpc) is 2.92. The first-order valence-corrected chi connectivity index (χ1v) is 7.75. The first-order valence-electron chi connectivity index (χ1n) is 7.75. The van der Waals surface area contributed by atoms with Crippen molar-refractivity contribution in [3.63, 3.8) is 0 Å². The van der Waals surface area contributed by atoms with Gasteiger partial charge in [-0.1, -0.05) is 18.2 Å². The third-order valence-electron chi connectivity index (χ3n) is 5.00. The maximum Gasteiger partial charge on any atom is 0.498 e. The van der Waals surface area contributed by atoms with Crippen LogP contribution >= 0.6 is 0 Å². The van der Waals surface area contributed by atoms with E-state index in [9.17, 15) is 4.39 Å². The number of fused-ring (bicyclic) bond motifs is 3. The van der Waals surface area contributed by atoms with Gasteiger partial charge in [-0.3, -0.25) is 0 Å². The van der Waals surface area contributed by atoms with Crippen LogP contribution in [0.25, 0.3) is 21.9 Å². The van der Waals surface area contributed by atoms with Gasteiger partial charge in [0.15, 0.2) is 0 Å². The van der Waals surface area contributed by atoms with Crippen LogP contribution in [0.1, 0.15) is 27.7 Å². The van der Waals surface area contributed by atoms with Crippen LogP contribution in [-0.2, 0) is 9.31 Å². The van der Waals surface area contributed by atoms with Crippen molar-refractivity contribution in [2.24, 2.45) is 0 Å². The summed E-state index contributed by atoms with van der Waals surface area (Å²) in [4.78, 5) is 0. The number of hydrogen-bond donors (Lipinski definition) is 0. The van der Waals surface area contributed by atoms with Crippen LogP contribution in [0.4, 0.5) is 4.39 Å². The Balaban J connectivity index is 1.90. The van der Waals surface area contributed by atoms with E-state index in [1.165, 1.54) is 12.1 Å². The second kappa shape index (κ2) is 4.59. The van der Waals surface area contributed by atoms with E-state index >= 15 is 0 Å². The van der Waals surface area contributed by atoms with Gasteiger partial charge in [-0.15, -0.1) is 0 Å². The normalized spacial score (nSPS) is 19.8. The van der Waals surface area contributed by atoms with Crippen LogP contribution in [0.2, 0.25) is 0 Å². The first kappa shape index (κ1) is 14.7. The summed E-state index contributed by atoms with van der Waals surface area (Å²) in [5.74, 6) is -0.311. The molecule has 4 rings (SSSR count). The molecule has 23 heavy (non-hydrogen) atoms. The molecule has 0 unspecified atom stereocenters. The van der Waals surface area contributed by atoms with E-state index in [2.05, 4.69) is 0 Å². The van der Waals surface area contributed by atoms with E-state index in [4.69, 9.17) is 13.7 Å². The highest BCUT2D eigenvalue weighted by Crippen LogP contribution is 2.37. The largest absolute Gasteiger partial charge is 0.498 e. The molecule has 3 aromatic rings. The number of hydrogen-bond acceptors (Lipinski definition) is 3. The molecular formula is C18H18BFO3. The Labute approximate surface area is 134 Å². The summed E-state index contributed by atoms with van der Waals surface area (Å²) in [6, 6.07) is 10.4. The third-order valence-corrected chi connectivity index (χ3v) is 5.00. The summed E-state index contributed by atoms with van der Waals surface area (Å²) in [5, 5.41) is 1.83. The molecule has 0 amide bonds. The minimum absolute atomic E-state index is 0.311. The summed E-state index contributed by atoms with van der Waals surface area (Å²) in [7, 11) is -0.505. The number of rotatable bonds is 1. The Kier molecular flexibility index (Phi) is 2.94. The maximum atomic E-state index is 13.5. The van der Waals surface area contributed by atoms with Crippen LogP contribution in [-0.4, -0.2) is 18.3 Å². The standard InChI is InChI=1S/C18H18BFO3/c1-17(2)18(3,4)23-19(22-17)14-7-5-6-13-12-9-8-11(20)10-15(12)21-16(13)14/h5-10H,1-4H3. The van der Waals surface area contributed by atoms with Crippen molar-refractivity contribution in [3.05, 3.63) is 42.2 Å². The number of para-hydroxylation sites is 1. The van der Waals surface area contributed by atoms with E-state index in [1.807, 2.05) is 45.9 Å². The van der Waals surface area contributed by atoms with Crippen LogP contribution in [0.5, 0.6) is 0 Å². The fourth-order valence-electron chi connectivity index (χ4n) is 2.95. The van der Waals surface area contributed by atoms with Gasteiger partial charge in [0.2, 0.25) is 0 Å². The molecule has 0 aliphatic carbocycles. The van der Waals surface area contributed by atoms with E-state index in [0.29, 0.717) is 11.2 Å². The lowest BCUT2D eigenvalue weighted by atomic mass is 9.78. The highest BCUT2D eigenvalue weighted by Gasteiger charge is 2.52. The molecule has 1 aliphatic rings. The lowest BCUT2D eigenvalue weighted by molar-refractivity contribution is 0.00578. The van der Waals surface area contributed by atoms with Crippen molar-refractivity contribution >= 4 is 34.5 Å². The fourth-order valence-corrected chi connectivity index (χ4v) is 2.95. The van der Waals surface area contributed by atoms with Gasteiger partial charge in [-0.25, -0.2) is 4.39 Å². The molecule has 1 aromatic heterocycles. The van der Waals surface area contributed by atoms with Crippen molar-refractivity contribution in [2.45, 2.75) is 38.9 Å². The van der Waals surface area contributed by atoms with Gasteiger partial charge in [-0.05, 0) is 39.8 Å². The molecule has 0 radical (unpaired) electrons. The zero-order valence-electron chi connectivity index (χ0n) is 13.6. The molecule has 1 saturated heterocycles. The molecule has 1 fully saturated rings. The Morgan fingerprint density at radius 1 is 0.913 bits per heavy atom. The SMILES string of the molecule is CC1(C)OB(c2cccc3c2oc2cc(F)ccc23)OC1(C)C. The quantitative estimate of drug-likeness (QED) is 0.636. The van der Waals surface area contributed by atoms with Crippen LogP contribution in [0.15, 0.2) is 40.8 Å². The predicted octanol–water partition coefficient (Wildman–Crippen LogP) is 4.02. The van der Waals surface area contributed by atoms with Crippen molar-refractivity contribution in [2.75, 3.05) is 0 Å².